The number of halogens is 3. The Morgan fingerprint density at radius 1 is 0.952 bits per heavy atom. The topological polar surface area (TPSA) is 27.7 Å². The first-order valence-corrected chi connectivity index (χ1v) is 6.82. The fourth-order valence-electron chi connectivity index (χ4n) is 1.77. The van der Waals surface area contributed by atoms with E-state index in [1.165, 1.54) is 20.3 Å². The molecule has 0 spiro atoms. The molecule has 21 heavy (non-hydrogen) atoms. The number of hydrogen-bond acceptors (Lipinski definition) is 3. The smallest absolute Gasteiger partial charge is 0.200 e. The van der Waals surface area contributed by atoms with Crippen molar-refractivity contribution in [2.75, 3.05) is 14.2 Å². The lowest BCUT2D eigenvalue weighted by atomic mass is 10.2. The summed E-state index contributed by atoms with van der Waals surface area (Å²) in [5.41, 5.74) is 0.743. The molecule has 0 N–H and O–H groups in total. The molecule has 0 saturated carbocycles. The van der Waals surface area contributed by atoms with E-state index in [1.54, 1.807) is 18.2 Å². The zero-order valence-corrected chi connectivity index (χ0v) is 13.0. The molecule has 0 bridgehead atoms. The van der Waals surface area contributed by atoms with Crippen molar-refractivity contribution in [3.8, 4) is 17.2 Å². The minimum atomic E-state index is -1.02. The molecule has 0 aliphatic heterocycles. The van der Waals surface area contributed by atoms with Crippen LogP contribution in [0.3, 0.4) is 0 Å². The average molecular weight is 359 g/mol. The standard InChI is InChI=1S/C15H13BrF2O3/c1-19-12-4-3-9(5-13(12)20-2)8-21-14-7-10(16)6-11(17)15(14)18/h3-7H,8H2,1-2H3. The van der Waals surface area contributed by atoms with Crippen LogP contribution in [0.5, 0.6) is 17.2 Å². The average Bonchev–Trinajstić information content (AvgIpc) is 2.49. The number of hydrogen-bond donors (Lipinski definition) is 0. The predicted molar refractivity (Wildman–Crippen MR) is 77.9 cm³/mol. The van der Waals surface area contributed by atoms with Gasteiger partial charge in [-0.15, -0.1) is 0 Å². The summed E-state index contributed by atoms with van der Waals surface area (Å²) in [6.07, 6.45) is 0. The number of ether oxygens (including phenoxy) is 3. The van der Waals surface area contributed by atoms with Crippen molar-refractivity contribution in [1.29, 1.82) is 0 Å². The van der Waals surface area contributed by atoms with E-state index in [-0.39, 0.29) is 12.4 Å². The van der Waals surface area contributed by atoms with Gasteiger partial charge in [0.1, 0.15) is 6.61 Å². The van der Waals surface area contributed by atoms with Crippen LogP contribution in [-0.4, -0.2) is 14.2 Å². The first kappa shape index (κ1) is 15.6. The highest BCUT2D eigenvalue weighted by atomic mass is 79.9. The fraction of sp³-hybridized carbons (Fsp3) is 0.200. The molecule has 0 fully saturated rings. The van der Waals surface area contributed by atoms with Gasteiger partial charge in [0.2, 0.25) is 5.82 Å². The van der Waals surface area contributed by atoms with Crippen LogP contribution in [0.2, 0.25) is 0 Å². The summed E-state index contributed by atoms with van der Waals surface area (Å²) >= 11 is 3.09. The van der Waals surface area contributed by atoms with Crippen LogP contribution in [0.4, 0.5) is 8.78 Å². The van der Waals surface area contributed by atoms with E-state index >= 15 is 0 Å². The lowest BCUT2D eigenvalue weighted by Crippen LogP contribution is -2.00. The second kappa shape index (κ2) is 6.76. The van der Waals surface area contributed by atoms with E-state index in [2.05, 4.69) is 15.9 Å². The lowest BCUT2D eigenvalue weighted by Gasteiger charge is -2.11. The maximum absolute atomic E-state index is 13.6. The molecule has 0 amide bonds. The molecule has 0 radical (unpaired) electrons. The van der Waals surface area contributed by atoms with Crippen LogP contribution < -0.4 is 14.2 Å². The Morgan fingerprint density at radius 2 is 1.67 bits per heavy atom. The highest BCUT2D eigenvalue weighted by Crippen LogP contribution is 2.29. The molecule has 0 unspecified atom stereocenters. The summed E-state index contributed by atoms with van der Waals surface area (Å²) in [6, 6.07) is 7.60. The quantitative estimate of drug-likeness (QED) is 0.744. The molecule has 0 saturated heterocycles. The largest absolute Gasteiger partial charge is 0.493 e. The van der Waals surface area contributed by atoms with Crippen LogP contribution >= 0.6 is 15.9 Å². The van der Waals surface area contributed by atoms with E-state index in [1.807, 2.05) is 0 Å². The molecule has 3 nitrogen and oxygen atoms in total. The summed E-state index contributed by atoms with van der Waals surface area (Å²) in [5.74, 6) is -1.01. The molecule has 112 valence electrons. The molecule has 0 aromatic heterocycles. The van der Waals surface area contributed by atoms with Gasteiger partial charge >= 0.3 is 0 Å². The van der Waals surface area contributed by atoms with E-state index in [0.29, 0.717) is 16.0 Å². The lowest BCUT2D eigenvalue weighted by molar-refractivity contribution is 0.283. The van der Waals surface area contributed by atoms with Crippen molar-refractivity contribution in [2.45, 2.75) is 6.61 Å². The van der Waals surface area contributed by atoms with Crippen LogP contribution in [-0.2, 0) is 6.61 Å². The van der Waals surface area contributed by atoms with E-state index in [0.717, 1.165) is 11.6 Å². The van der Waals surface area contributed by atoms with Crippen molar-refractivity contribution in [3.05, 3.63) is 52.0 Å². The van der Waals surface area contributed by atoms with Gasteiger partial charge in [0.25, 0.3) is 0 Å². The second-order valence-electron chi connectivity index (χ2n) is 4.18. The van der Waals surface area contributed by atoms with Crippen LogP contribution in [0.25, 0.3) is 0 Å². The number of benzene rings is 2. The van der Waals surface area contributed by atoms with Gasteiger partial charge in [-0.1, -0.05) is 22.0 Å². The molecule has 0 aliphatic carbocycles. The van der Waals surface area contributed by atoms with Crippen molar-refractivity contribution < 1.29 is 23.0 Å². The number of methoxy groups -OCH3 is 2. The minimum Gasteiger partial charge on any atom is -0.493 e. The van der Waals surface area contributed by atoms with Crippen LogP contribution in [0.1, 0.15) is 5.56 Å². The van der Waals surface area contributed by atoms with Crippen molar-refractivity contribution in [2.24, 2.45) is 0 Å². The Balaban J connectivity index is 2.17. The Kier molecular flexibility index (Phi) is 5.01. The monoisotopic (exact) mass is 358 g/mol. The van der Waals surface area contributed by atoms with Gasteiger partial charge in [0.05, 0.1) is 14.2 Å². The SMILES string of the molecule is COc1ccc(COc2cc(Br)cc(F)c2F)cc1OC. The Morgan fingerprint density at radius 3 is 2.33 bits per heavy atom. The van der Waals surface area contributed by atoms with E-state index in [9.17, 15) is 8.78 Å². The van der Waals surface area contributed by atoms with E-state index in [4.69, 9.17) is 14.2 Å². The summed E-state index contributed by atoms with van der Waals surface area (Å²) in [6.45, 7) is 0.0766. The molecule has 6 heteroatoms. The molecular weight excluding hydrogens is 346 g/mol. The third-order valence-electron chi connectivity index (χ3n) is 2.80. The summed E-state index contributed by atoms with van der Waals surface area (Å²) in [7, 11) is 3.06. The molecule has 0 aliphatic rings. The molecular formula is C15H13BrF2O3. The molecule has 2 rings (SSSR count). The van der Waals surface area contributed by atoms with Gasteiger partial charge in [0.15, 0.2) is 23.1 Å². The molecule has 2 aromatic carbocycles. The fourth-order valence-corrected chi connectivity index (χ4v) is 2.18. The van der Waals surface area contributed by atoms with Crippen LogP contribution in [0.15, 0.2) is 34.8 Å². The van der Waals surface area contributed by atoms with Gasteiger partial charge in [-0.3, -0.25) is 0 Å². The van der Waals surface area contributed by atoms with E-state index < -0.39 is 11.6 Å². The first-order chi connectivity index (χ1) is 10.0. The number of rotatable bonds is 5. The highest BCUT2D eigenvalue weighted by Gasteiger charge is 2.12. The molecule has 0 heterocycles. The van der Waals surface area contributed by atoms with Crippen molar-refractivity contribution >= 4 is 15.9 Å². The summed E-state index contributed by atoms with van der Waals surface area (Å²) in [5, 5.41) is 0. The maximum Gasteiger partial charge on any atom is 0.200 e. The maximum atomic E-state index is 13.6. The third-order valence-corrected chi connectivity index (χ3v) is 3.26. The molecule has 2 aromatic rings. The van der Waals surface area contributed by atoms with Gasteiger partial charge in [-0.25, -0.2) is 4.39 Å². The Bertz CT molecular complexity index is 647. The highest BCUT2D eigenvalue weighted by molar-refractivity contribution is 9.10. The van der Waals surface area contributed by atoms with Gasteiger partial charge in [-0.2, -0.15) is 4.39 Å². The second-order valence-corrected chi connectivity index (χ2v) is 5.09. The van der Waals surface area contributed by atoms with Crippen molar-refractivity contribution in [3.63, 3.8) is 0 Å². The Labute approximate surface area is 129 Å². The molecule has 0 atom stereocenters. The van der Waals surface area contributed by atoms with Gasteiger partial charge in [-0.05, 0) is 29.8 Å². The van der Waals surface area contributed by atoms with Crippen LogP contribution in [0, 0.1) is 11.6 Å². The van der Waals surface area contributed by atoms with Gasteiger partial charge < -0.3 is 14.2 Å². The summed E-state index contributed by atoms with van der Waals surface area (Å²) in [4.78, 5) is 0. The zero-order chi connectivity index (χ0) is 15.4. The Hall–Kier alpha value is -1.82. The normalized spacial score (nSPS) is 10.3. The summed E-state index contributed by atoms with van der Waals surface area (Å²) < 4.78 is 42.9. The first-order valence-electron chi connectivity index (χ1n) is 6.03. The third kappa shape index (κ3) is 3.64. The predicted octanol–water partition coefficient (Wildman–Crippen LogP) is 4.32. The zero-order valence-electron chi connectivity index (χ0n) is 11.5. The van der Waals surface area contributed by atoms with Crippen molar-refractivity contribution in [1.82, 2.24) is 0 Å². The van der Waals surface area contributed by atoms with Gasteiger partial charge in [0, 0.05) is 4.47 Å². The minimum absolute atomic E-state index is 0.0766.